The van der Waals surface area contributed by atoms with Crippen molar-refractivity contribution in [2.75, 3.05) is 12.4 Å². The summed E-state index contributed by atoms with van der Waals surface area (Å²) in [5, 5.41) is 4.43. The molecule has 0 aromatic heterocycles. The molecule has 0 heterocycles. The lowest BCUT2D eigenvalue weighted by Gasteiger charge is -2.28. The van der Waals surface area contributed by atoms with Crippen molar-refractivity contribution in [2.24, 2.45) is 0 Å². The summed E-state index contributed by atoms with van der Waals surface area (Å²) in [6.45, 7) is 2.11. The molecule has 21 heavy (non-hydrogen) atoms. The predicted molar refractivity (Wildman–Crippen MR) is 88.5 cm³/mol. The lowest BCUT2D eigenvalue weighted by molar-refractivity contribution is 0.413. The molecule has 0 aliphatic heterocycles. The molecule has 3 heteroatoms. The molecule has 1 N–H and O–H groups in total. The summed E-state index contributed by atoms with van der Waals surface area (Å²) in [6, 6.07) is 12.7. The van der Waals surface area contributed by atoms with E-state index in [1.54, 1.807) is 7.11 Å². The normalized spacial score (nSPS) is 17.2. The molecular weight excluding hydrogens is 282 g/mol. The number of benzene rings is 2. The quantitative estimate of drug-likeness (QED) is 0.847. The minimum atomic E-state index is 0.320. The Morgan fingerprint density at radius 1 is 1.19 bits per heavy atom. The highest BCUT2D eigenvalue weighted by molar-refractivity contribution is 6.30. The van der Waals surface area contributed by atoms with Crippen molar-refractivity contribution in [3.63, 3.8) is 0 Å². The molecule has 110 valence electrons. The summed E-state index contributed by atoms with van der Waals surface area (Å²) < 4.78 is 5.37. The number of aryl methyl sites for hydroxylation is 2. The summed E-state index contributed by atoms with van der Waals surface area (Å²) in [6.07, 6.45) is 3.48. The van der Waals surface area contributed by atoms with Crippen molar-refractivity contribution < 1.29 is 4.74 Å². The lowest BCUT2D eigenvalue weighted by atomic mass is 9.87. The fourth-order valence-electron chi connectivity index (χ4n) is 2.99. The summed E-state index contributed by atoms with van der Waals surface area (Å²) in [7, 11) is 1.72. The van der Waals surface area contributed by atoms with Gasteiger partial charge in [-0.25, -0.2) is 0 Å². The van der Waals surface area contributed by atoms with E-state index in [2.05, 4.69) is 30.4 Å². The van der Waals surface area contributed by atoms with Crippen LogP contribution in [0.15, 0.2) is 36.4 Å². The number of nitrogens with one attached hydrogen (secondary N) is 1. The topological polar surface area (TPSA) is 21.3 Å². The number of hydrogen-bond acceptors (Lipinski definition) is 2. The second kappa shape index (κ2) is 5.98. The van der Waals surface area contributed by atoms with E-state index in [9.17, 15) is 0 Å². The Bertz CT molecular complexity index is 654. The van der Waals surface area contributed by atoms with Gasteiger partial charge in [-0.15, -0.1) is 0 Å². The maximum Gasteiger partial charge on any atom is 0.119 e. The molecule has 2 aromatic carbocycles. The Hall–Kier alpha value is -1.67. The molecule has 0 radical (unpaired) electrons. The minimum Gasteiger partial charge on any atom is -0.497 e. The summed E-state index contributed by atoms with van der Waals surface area (Å²) >= 11 is 6.12. The number of methoxy groups -OCH3 is 1. The number of ether oxygens (including phenoxy) is 1. The van der Waals surface area contributed by atoms with Gasteiger partial charge in [0.25, 0.3) is 0 Å². The molecule has 0 saturated carbocycles. The molecule has 0 amide bonds. The predicted octanol–water partition coefficient (Wildman–Crippen LogP) is 5.15. The third kappa shape index (κ3) is 3.01. The van der Waals surface area contributed by atoms with Gasteiger partial charge in [0, 0.05) is 10.7 Å². The fourth-order valence-corrected chi connectivity index (χ4v) is 3.16. The molecular formula is C18H20ClNO. The SMILES string of the molecule is COc1ccc2c(c1)C(Nc1cc(Cl)ccc1C)CCC2. The first kappa shape index (κ1) is 14.3. The first-order chi connectivity index (χ1) is 10.2. The number of hydrogen-bond donors (Lipinski definition) is 1. The third-order valence-corrected chi connectivity index (χ3v) is 4.43. The van der Waals surface area contributed by atoms with E-state index in [1.807, 2.05) is 18.2 Å². The Morgan fingerprint density at radius 3 is 2.86 bits per heavy atom. The molecule has 0 saturated heterocycles. The van der Waals surface area contributed by atoms with Gasteiger partial charge in [0.1, 0.15) is 5.75 Å². The number of rotatable bonds is 3. The standard InChI is InChI=1S/C18H20ClNO/c1-12-6-8-14(19)10-18(12)20-17-5-3-4-13-7-9-15(21-2)11-16(13)17/h6-11,17,20H,3-5H2,1-2H3. The van der Waals surface area contributed by atoms with Gasteiger partial charge in [-0.3, -0.25) is 0 Å². The van der Waals surface area contributed by atoms with Crippen molar-refractivity contribution in [1.82, 2.24) is 0 Å². The molecule has 3 rings (SSSR count). The highest BCUT2D eigenvalue weighted by atomic mass is 35.5. The smallest absolute Gasteiger partial charge is 0.119 e. The molecule has 0 bridgehead atoms. The van der Waals surface area contributed by atoms with Gasteiger partial charge >= 0.3 is 0 Å². The van der Waals surface area contributed by atoms with E-state index >= 15 is 0 Å². The van der Waals surface area contributed by atoms with Crippen LogP contribution in [0.4, 0.5) is 5.69 Å². The van der Waals surface area contributed by atoms with Gasteiger partial charge in [0.05, 0.1) is 13.2 Å². The van der Waals surface area contributed by atoms with Crippen molar-refractivity contribution in [3.8, 4) is 5.75 Å². The largest absolute Gasteiger partial charge is 0.497 e. The van der Waals surface area contributed by atoms with Crippen LogP contribution in [0.2, 0.25) is 5.02 Å². The first-order valence-corrected chi connectivity index (χ1v) is 7.74. The second-order valence-corrected chi connectivity index (χ2v) is 6.05. The Kier molecular flexibility index (Phi) is 4.07. The zero-order valence-electron chi connectivity index (χ0n) is 12.4. The number of anilines is 1. The third-order valence-electron chi connectivity index (χ3n) is 4.20. The average Bonchev–Trinajstić information content (AvgIpc) is 2.51. The van der Waals surface area contributed by atoms with Gasteiger partial charge in [-0.2, -0.15) is 0 Å². The van der Waals surface area contributed by atoms with Crippen molar-refractivity contribution in [2.45, 2.75) is 32.2 Å². The van der Waals surface area contributed by atoms with E-state index in [0.29, 0.717) is 6.04 Å². The van der Waals surface area contributed by atoms with Crippen LogP contribution in [0, 0.1) is 6.92 Å². The second-order valence-electron chi connectivity index (χ2n) is 5.61. The van der Waals surface area contributed by atoms with E-state index in [4.69, 9.17) is 16.3 Å². The van der Waals surface area contributed by atoms with Crippen molar-refractivity contribution in [3.05, 3.63) is 58.1 Å². The van der Waals surface area contributed by atoms with Crippen LogP contribution in [-0.2, 0) is 6.42 Å². The van der Waals surface area contributed by atoms with Gasteiger partial charge < -0.3 is 10.1 Å². The Morgan fingerprint density at radius 2 is 2.05 bits per heavy atom. The molecule has 1 aliphatic rings. The van der Waals surface area contributed by atoms with Crippen LogP contribution >= 0.6 is 11.6 Å². The van der Waals surface area contributed by atoms with Crippen LogP contribution in [0.1, 0.15) is 35.6 Å². The summed E-state index contributed by atoms with van der Waals surface area (Å²) in [5.41, 5.74) is 5.09. The van der Waals surface area contributed by atoms with E-state index in [-0.39, 0.29) is 0 Å². The monoisotopic (exact) mass is 301 g/mol. The highest BCUT2D eigenvalue weighted by Crippen LogP contribution is 2.35. The molecule has 1 aliphatic carbocycles. The molecule has 1 unspecified atom stereocenters. The number of fused-ring (bicyclic) bond motifs is 1. The molecule has 1 atom stereocenters. The molecule has 0 fully saturated rings. The zero-order chi connectivity index (χ0) is 14.8. The van der Waals surface area contributed by atoms with Crippen LogP contribution in [0.3, 0.4) is 0 Å². The fraction of sp³-hybridized carbons (Fsp3) is 0.333. The van der Waals surface area contributed by atoms with Crippen molar-refractivity contribution in [1.29, 1.82) is 0 Å². The molecule has 2 aromatic rings. The van der Waals surface area contributed by atoms with Crippen LogP contribution in [-0.4, -0.2) is 7.11 Å². The highest BCUT2D eigenvalue weighted by Gasteiger charge is 2.21. The van der Waals surface area contributed by atoms with Crippen LogP contribution in [0.5, 0.6) is 5.75 Å². The maximum atomic E-state index is 6.12. The summed E-state index contributed by atoms with van der Waals surface area (Å²) in [5.74, 6) is 0.922. The van der Waals surface area contributed by atoms with Gasteiger partial charge in [-0.1, -0.05) is 23.7 Å². The van der Waals surface area contributed by atoms with E-state index in [1.165, 1.54) is 23.1 Å². The van der Waals surface area contributed by atoms with Gasteiger partial charge in [0.2, 0.25) is 0 Å². The number of halogens is 1. The molecule has 0 spiro atoms. The van der Waals surface area contributed by atoms with E-state index < -0.39 is 0 Å². The maximum absolute atomic E-state index is 6.12. The average molecular weight is 302 g/mol. The van der Waals surface area contributed by atoms with Gasteiger partial charge in [0.15, 0.2) is 0 Å². The lowest BCUT2D eigenvalue weighted by Crippen LogP contribution is -2.18. The summed E-state index contributed by atoms with van der Waals surface area (Å²) in [4.78, 5) is 0. The van der Waals surface area contributed by atoms with Crippen LogP contribution in [0.25, 0.3) is 0 Å². The Balaban J connectivity index is 1.92. The minimum absolute atomic E-state index is 0.320. The van der Waals surface area contributed by atoms with Gasteiger partial charge in [-0.05, 0) is 67.1 Å². The zero-order valence-corrected chi connectivity index (χ0v) is 13.2. The van der Waals surface area contributed by atoms with Crippen molar-refractivity contribution >= 4 is 17.3 Å². The van der Waals surface area contributed by atoms with E-state index in [0.717, 1.165) is 29.3 Å². The molecule has 2 nitrogen and oxygen atoms in total. The Labute approximate surface area is 131 Å². The first-order valence-electron chi connectivity index (χ1n) is 7.37. The van der Waals surface area contributed by atoms with Crippen LogP contribution < -0.4 is 10.1 Å².